The van der Waals surface area contributed by atoms with Crippen LogP contribution in [0.4, 0.5) is 0 Å². The summed E-state index contributed by atoms with van der Waals surface area (Å²) >= 11 is 1.25. The molecule has 0 radical (unpaired) electrons. The summed E-state index contributed by atoms with van der Waals surface area (Å²) in [5, 5.41) is 19.7. The molecular weight excluding hydrogens is 550 g/mol. The van der Waals surface area contributed by atoms with Crippen LogP contribution < -0.4 is 10.6 Å². The van der Waals surface area contributed by atoms with Gasteiger partial charge in [0.15, 0.2) is 0 Å². The average Bonchev–Trinajstić information content (AvgIpc) is 3.51. The van der Waals surface area contributed by atoms with Gasteiger partial charge in [-0.15, -0.1) is 11.3 Å². The van der Waals surface area contributed by atoms with Gasteiger partial charge in [-0.3, -0.25) is 14.4 Å². The highest BCUT2D eigenvalue weighted by molar-refractivity contribution is 7.09. The number of methoxy groups -OCH3 is 1. The number of nitrogens with one attached hydrogen (secondary N) is 2. The third kappa shape index (κ3) is 9.90. The predicted octanol–water partition coefficient (Wildman–Crippen LogP) is 5.85. The lowest BCUT2D eigenvalue weighted by Crippen LogP contribution is -2.45. The molecule has 0 saturated heterocycles. The van der Waals surface area contributed by atoms with E-state index in [1.165, 1.54) is 24.9 Å². The number of nitrogens with zero attached hydrogens (tertiary/aromatic N) is 1. The molecule has 1 fully saturated rings. The molecule has 42 heavy (non-hydrogen) atoms. The molecule has 3 rings (SSSR count). The van der Waals surface area contributed by atoms with Gasteiger partial charge in [-0.25, -0.2) is 4.98 Å². The van der Waals surface area contributed by atoms with Crippen molar-refractivity contribution in [3.8, 4) is 0 Å². The van der Waals surface area contributed by atoms with Gasteiger partial charge in [-0.1, -0.05) is 83.7 Å². The van der Waals surface area contributed by atoms with Crippen molar-refractivity contribution in [2.24, 2.45) is 23.7 Å². The van der Waals surface area contributed by atoms with Gasteiger partial charge in [-0.05, 0) is 43.1 Å². The van der Waals surface area contributed by atoms with Gasteiger partial charge in [0.1, 0.15) is 16.8 Å². The van der Waals surface area contributed by atoms with Gasteiger partial charge in [-0.2, -0.15) is 0 Å². The summed E-state index contributed by atoms with van der Waals surface area (Å²) in [6.07, 6.45) is 6.94. The summed E-state index contributed by atoms with van der Waals surface area (Å²) in [7, 11) is 1.36. The van der Waals surface area contributed by atoms with E-state index in [1.54, 1.807) is 12.3 Å². The van der Waals surface area contributed by atoms with E-state index in [2.05, 4.69) is 29.5 Å². The summed E-state index contributed by atoms with van der Waals surface area (Å²) in [5.41, 5.74) is 1.29. The first-order valence-electron chi connectivity index (χ1n) is 15.5. The zero-order valence-electron chi connectivity index (χ0n) is 25.8. The SMILES string of the molecule is CC[C@H](C)[C@H](C)C(=O)N[C@H](C[C@@H](O)c1nc(C(=O)N[C@@H](Cc2ccccc2)C[C@H](C)C(=O)OC)cs1)C1CCCCC1. The van der Waals surface area contributed by atoms with Crippen molar-refractivity contribution in [3.63, 3.8) is 0 Å². The lowest BCUT2D eigenvalue weighted by molar-refractivity contribution is -0.145. The number of benzene rings is 1. The van der Waals surface area contributed by atoms with Crippen LogP contribution in [0.5, 0.6) is 0 Å². The average molecular weight is 600 g/mol. The summed E-state index contributed by atoms with van der Waals surface area (Å²) in [5.74, 6) is -0.507. The maximum atomic E-state index is 13.3. The number of amides is 2. The Morgan fingerprint density at radius 2 is 1.74 bits per heavy atom. The Kier molecular flexibility index (Phi) is 13.4. The molecule has 9 heteroatoms. The summed E-state index contributed by atoms with van der Waals surface area (Å²) < 4.78 is 4.90. The quantitative estimate of drug-likeness (QED) is 0.221. The summed E-state index contributed by atoms with van der Waals surface area (Å²) in [6, 6.07) is 9.36. The smallest absolute Gasteiger partial charge is 0.308 e. The first-order chi connectivity index (χ1) is 20.1. The summed E-state index contributed by atoms with van der Waals surface area (Å²) in [4.78, 5) is 43.0. The molecule has 1 saturated carbocycles. The third-order valence-electron chi connectivity index (χ3n) is 8.88. The standard InChI is InChI=1S/C33H49N3O5S/c1-6-21(2)23(4)30(38)35-27(25-15-11-8-12-16-25)19-29(37)32-36-28(20-42-32)31(39)34-26(17-22(3)33(40)41-5)18-24-13-9-7-10-14-24/h7,9-10,13-14,20-23,25-27,29,37H,6,8,11-12,15-19H2,1-5H3,(H,34,39)(H,35,38)/t21-,22-,23-,26+,27+,29+/m0/s1. The predicted molar refractivity (Wildman–Crippen MR) is 166 cm³/mol. The molecule has 2 amide bonds. The maximum absolute atomic E-state index is 13.3. The minimum atomic E-state index is -0.887. The van der Waals surface area contributed by atoms with E-state index in [0.29, 0.717) is 30.2 Å². The first kappa shape index (κ1) is 33.7. The number of aromatic nitrogens is 1. The molecule has 0 bridgehead atoms. The van der Waals surface area contributed by atoms with Gasteiger partial charge in [0.2, 0.25) is 5.91 Å². The highest BCUT2D eigenvalue weighted by Gasteiger charge is 2.31. The molecule has 0 spiro atoms. The van der Waals surface area contributed by atoms with E-state index in [9.17, 15) is 19.5 Å². The minimum absolute atomic E-state index is 0.0389. The highest BCUT2D eigenvalue weighted by Crippen LogP contribution is 2.32. The van der Waals surface area contributed by atoms with Crippen LogP contribution in [-0.2, 0) is 20.7 Å². The summed E-state index contributed by atoms with van der Waals surface area (Å²) in [6.45, 7) is 7.95. The molecule has 1 heterocycles. The zero-order chi connectivity index (χ0) is 30.6. The Labute approximate surface area is 255 Å². The van der Waals surface area contributed by atoms with Gasteiger partial charge in [0, 0.05) is 29.8 Å². The van der Waals surface area contributed by atoms with E-state index in [1.807, 2.05) is 37.3 Å². The van der Waals surface area contributed by atoms with Crippen molar-refractivity contribution in [1.29, 1.82) is 0 Å². The molecule has 6 atom stereocenters. The second-order valence-corrected chi connectivity index (χ2v) is 12.9. The van der Waals surface area contributed by atoms with Crippen LogP contribution in [0, 0.1) is 23.7 Å². The van der Waals surface area contributed by atoms with E-state index in [4.69, 9.17) is 4.74 Å². The molecule has 1 aromatic carbocycles. The van der Waals surface area contributed by atoms with Crippen molar-refractivity contribution < 1.29 is 24.2 Å². The minimum Gasteiger partial charge on any atom is -0.469 e. The maximum Gasteiger partial charge on any atom is 0.308 e. The Bertz CT molecular complexity index is 1130. The van der Waals surface area contributed by atoms with Gasteiger partial charge in [0.25, 0.3) is 5.91 Å². The van der Waals surface area contributed by atoms with Crippen molar-refractivity contribution in [2.75, 3.05) is 7.11 Å². The Morgan fingerprint density at radius 3 is 2.38 bits per heavy atom. The van der Waals surface area contributed by atoms with Gasteiger partial charge >= 0.3 is 5.97 Å². The molecule has 0 unspecified atom stereocenters. The van der Waals surface area contributed by atoms with Crippen molar-refractivity contribution in [2.45, 2.75) is 104 Å². The van der Waals surface area contributed by atoms with Crippen LogP contribution in [0.1, 0.15) is 106 Å². The van der Waals surface area contributed by atoms with E-state index in [0.717, 1.165) is 37.7 Å². The molecule has 1 aliphatic rings. The molecule has 0 aliphatic heterocycles. The number of rotatable bonds is 15. The lowest BCUT2D eigenvalue weighted by atomic mass is 9.81. The first-order valence-corrected chi connectivity index (χ1v) is 16.4. The second-order valence-electron chi connectivity index (χ2n) is 12.0. The Hall–Kier alpha value is -2.78. The van der Waals surface area contributed by atoms with Crippen molar-refractivity contribution in [3.05, 3.63) is 52.0 Å². The molecule has 1 aromatic heterocycles. The number of aliphatic hydroxyl groups is 1. The zero-order valence-corrected chi connectivity index (χ0v) is 26.6. The van der Waals surface area contributed by atoms with Crippen LogP contribution in [0.25, 0.3) is 0 Å². The molecule has 2 aromatic rings. The second kappa shape index (κ2) is 16.8. The normalized spacial score (nSPS) is 18.2. The van der Waals surface area contributed by atoms with Gasteiger partial charge < -0.3 is 20.5 Å². The van der Waals surface area contributed by atoms with Crippen LogP contribution >= 0.6 is 11.3 Å². The molecule has 8 nitrogen and oxygen atoms in total. The largest absolute Gasteiger partial charge is 0.469 e. The molecular formula is C33H49N3O5S. The number of carbonyl (C=O) groups excluding carboxylic acids is 3. The van der Waals surface area contributed by atoms with Crippen molar-refractivity contribution in [1.82, 2.24) is 15.6 Å². The van der Waals surface area contributed by atoms with Crippen LogP contribution in [0.2, 0.25) is 0 Å². The van der Waals surface area contributed by atoms with Crippen LogP contribution in [0.3, 0.4) is 0 Å². The fourth-order valence-electron chi connectivity index (χ4n) is 5.79. The number of thiazole rings is 1. The number of hydrogen-bond acceptors (Lipinski definition) is 7. The number of ether oxygens (including phenoxy) is 1. The van der Waals surface area contributed by atoms with E-state index in [-0.39, 0.29) is 53.3 Å². The topological polar surface area (TPSA) is 118 Å². The lowest BCUT2D eigenvalue weighted by Gasteiger charge is -2.33. The fraction of sp³-hybridized carbons (Fsp3) is 0.636. The molecule has 232 valence electrons. The highest BCUT2D eigenvalue weighted by atomic mass is 32.1. The third-order valence-corrected chi connectivity index (χ3v) is 9.82. The Morgan fingerprint density at radius 1 is 1.05 bits per heavy atom. The monoisotopic (exact) mass is 599 g/mol. The molecule has 1 aliphatic carbocycles. The molecule has 3 N–H and O–H groups in total. The van der Waals surface area contributed by atoms with Crippen LogP contribution in [-0.4, -0.2) is 47.1 Å². The Balaban J connectivity index is 1.69. The van der Waals surface area contributed by atoms with Crippen LogP contribution in [0.15, 0.2) is 35.7 Å². The number of esters is 1. The van der Waals surface area contributed by atoms with E-state index >= 15 is 0 Å². The number of aliphatic hydroxyl groups excluding tert-OH is 1. The van der Waals surface area contributed by atoms with Crippen molar-refractivity contribution >= 4 is 29.1 Å². The fourth-order valence-corrected chi connectivity index (χ4v) is 6.59. The van der Waals surface area contributed by atoms with E-state index < -0.39 is 6.10 Å². The number of hydrogen-bond donors (Lipinski definition) is 3. The van der Waals surface area contributed by atoms with Gasteiger partial charge in [0.05, 0.1) is 13.0 Å². The number of carbonyl (C=O) groups is 3.